The number of aromatic nitrogens is 1. The molecule has 0 aliphatic rings. The smallest absolute Gasteiger partial charge is 0.263 e. The van der Waals surface area contributed by atoms with Crippen molar-refractivity contribution in [3.63, 3.8) is 0 Å². The standard InChI is InChI=1S/C12H9BrN2O3S/c13-10-5-12(7-14-6-10)19(17,18)15-11-3-1-2-9(4-11)8-16/h1-8,15H. The summed E-state index contributed by atoms with van der Waals surface area (Å²) in [6.07, 6.45) is 3.39. The highest BCUT2D eigenvalue weighted by atomic mass is 79.9. The molecular weight excluding hydrogens is 332 g/mol. The van der Waals surface area contributed by atoms with Gasteiger partial charge in [0.1, 0.15) is 11.2 Å². The molecule has 0 spiro atoms. The lowest BCUT2D eigenvalue weighted by Gasteiger charge is -2.08. The van der Waals surface area contributed by atoms with Gasteiger partial charge < -0.3 is 0 Å². The van der Waals surface area contributed by atoms with Crippen LogP contribution in [-0.4, -0.2) is 19.7 Å². The molecule has 98 valence electrons. The maximum absolute atomic E-state index is 12.1. The average molecular weight is 341 g/mol. The number of halogens is 1. The first-order chi connectivity index (χ1) is 9.01. The van der Waals surface area contributed by atoms with E-state index in [2.05, 4.69) is 25.6 Å². The Morgan fingerprint density at radius 2 is 2.00 bits per heavy atom. The van der Waals surface area contributed by atoms with Gasteiger partial charge in [0, 0.05) is 28.1 Å². The number of aldehydes is 1. The van der Waals surface area contributed by atoms with E-state index in [9.17, 15) is 13.2 Å². The quantitative estimate of drug-likeness (QED) is 0.867. The predicted molar refractivity (Wildman–Crippen MR) is 74.6 cm³/mol. The Bertz CT molecular complexity index is 716. The zero-order valence-corrected chi connectivity index (χ0v) is 12.0. The third kappa shape index (κ3) is 3.39. The number of nitrogens with one attached hydrogen (secondary N) is 1. The van der Waals surface area contributed by atoms with Crippen LogP contribution in [0.25, 0.3) is 0 Å². The highest BCUT2D eigenvalue weighted by molar-refractivity contribution is 9.10. The third-order valence-electron chi connectivity index (χ3n) is 2.27. The van der Waals surface area contributed by atoms with Gasteiger partial charge in [0.2, 0.25) is 0 Å². The van der Waals surface area contributed by atoms with Crippen molar-refractivity contribution >= 4 is 37.9 Å². The van der Waals surface area contributed by atoms with Crippen molar-refractivity contribution in [3.05, 3.63) is 52.8 Å². The second-order valence-electron chi connectivity index (χ2n) is 3.69. The SMILES string of the molecule is O=Cc1cccc(NS(=O)(=O)c2cncc(Br)c2)c1. The van der Waals surface area contributed by atoms with E-state index >= 15 is 0 Å². The summed E-state index contributed by atoms with van der Waals surface area (Å²) in [5, 5.41) is 0. The van der Waals surface area contributed by atoms with Crippen LogP contribution in [0.5, 0.6) is 0 Å². The minimum atomic E-state index is -3.72. The molecule has 0 atom stereocenters. The van der Waals surface area contributed by atoms with Crippen molar-refractivity contribution in [2.75, 3.05) is 4.72 Å². The Hall–Kier alpha value is -1.73. The van der Waals surface area contributed by atoms with Gasteiger partial charge in [-0.15, -0.1) is 0 Å². The predicted octanol–water partition coefficient (Wildman–Crippen LogP) is 2.46. The monoisotopic (exact) mass is 340 g/mol. The van der Waals surface area contributed by atoms with Crippen molar-refractivity contribution in [1.82, 2.24) is 4.98 Å². The average Bonchev–Trinajstić information content (AvgIpc) is 2.38. The van der Waals surface area contributed by atoms with E-state index in [1.165, 1.54) is 24.5 Å². The Balaban J connectivity index is 2.33. The van der Waals surface area contributed by atoms with E-state index in [4.69, 9.17) is 0 Å². The molecule has 7 heteroatoms. The first-order valence-corrected chi connectivity index (χ1v) is 7.47. The molecule has 1 aromatic heterocycles. The van der Waals surface area contributed by atoms with Crippen molar-refractivity contribution in [1.29, 1.82) is 0 Å². The van der Waals surface area contributed by atoms with E-state index in [-0.39, 0.29) is 4.90 Å². The van der Waals surface area contributed by atoms with Crippen LogP contribution in [0.2, 0.25) is 0 Å². The number of carbonyl (C=O) groups is 1. The second kappa shape index (κ2) is 5.50. The molecule has 19 heavy (non-hydrogen) atoms. The summed E-state index contributed by atoms with van der Waals surface area (Å²) in [6, 6.07) is 7.65. The van der Waals surface area contributed by atoms with Crippen LogP contribution in [0.3, 0.4) is 0 Å². The first-order valence-electron chi connectivity index (χ1n) is 5.20. The Morgan fingerprint density at radius 1 is 1.21 bits per heavy atom. The maximum Gasteiger partial charge on any atom is 0.263 e. The van der Waals surface area contributed by atoms with Crippen LogP contribution in [0.4, 0.5) is 5.69 Å². The molecule has 1 N–H and O–H groups in total. The number of hydrogen-bond acceptors (Lipinski definition) is 4. The van der Waals surface area contributed by atoms with E-state index in [0.717, 1.165) is 0 Å². The molecule has 0 aliphatic heterocycles. The highest BCUT2D eigenvalue weighted by Gasteiger charge is 2.15. The van der Waals surface area contributed by atoms with Crippen molar-refractivity contribution in [3.8, 4) is 0 Å². The molecule has 1 heterocycles. The van der Waals surface area contributed by atoms with E-state index in [1.807, 2.05) is 0 Å². The number of carbonyl (C=O) groups excluding carboxylic acids is 1. The van der Waals surface area contributed by atoms with Gasteiger partial charge in [-0.2, -0.15) is 0 Å². The van der Waals surface area contributed by atoms with Gasteiger partial charge >= 0.3 is 0 Å². The van der Waals surface area contributed by atoms with Crippen LogP contribution < -0.4 is 4.72 Å². The fourth-order valence-electron chi connectivity index (χ4n) is 1.43. The minimum absolute atomic E-state index is 0.0402. The number of hydrogen-bond donors (Lipinski definition) is 1. The van der Waals surface area contributed by atoms with Gasteiger partial charge in [-0.25, -0.2) is 8.42 Å². The number of nitrogens with zero attached hydrogens (tertiary/aromatic N) is 1. The van der Waals surface area contributed by atoms with Crippen LogP contribution in [0.15, 0.2) is 52.1 Å². The van der Waals surface area contributed by atoms with E-state index in [0.29, 0.717) is 22.0 Å². The van der Waals surface area contributed by atoms with Gasteiger partial charge in [0.25, 0.3) is 10.0 Å². The number of pyridine rings is 1. The fourth-order valence-corrected chi connectivity index (χ4v) is 2.98. The largest absolute Gasteiger partial charge is 0.298 e. The van der Waals surface area contributed by atoms with Crippen LogP contribution in [0.1, 0.15) is 10.4 Å². The zero-order chi connectivity index (χ0) is 13.9. The summed E-state index contributed by atoms with van der Waals surface area (Å²) in [5.41, 5.74) is 0.720. The van der Waals surface area contributed by atoms with Crippen molar-refractivity contribution in [2.24, 2.45) is 0 Å². The summed E-state index contributed by atoms with van der Waals surface area (Å²) in [6.45, 7) is 0. The molecule has 2 rings (SSSR count). The fraction of sp³-hybridized carbons (Fsp3) is 0. The minimum Gasteiger partial charge on any atom is -0.298 e. The lowest BCUT2D eigenvalue weighted by atomic mass is 10.2. The number of sulfonamides is 1. The van der Waals surface area contributed by atoms with Crippen LogP contribution >= 0.6 is 15.9 Å². The van der Waals surface area contributed by atoms with Crippen LogP contribution in [-0.2, 0) is 10.0 Å². The summed E-state index contributed by atoms with van der Waals surface area (Å²) in [5.74, 6) is 0. The lowest BCUT2D eigenvalue weighted by Crippen LogP contribution is -2.13. The van der Waals surface area contributed by atoms with E-state index < -0.39 is 10.0 Å². The molecule has 0 unspecified atom stereocenters. The summed E-state index contributed by atoms with van der Waals surface area (Å²) < 4.78 is 27.1. The molecule has 0 radical (unpaired) electrons. The molecule has 1 aromatic carbocycles. The van der Waals surface area contributed by atoms with Crippen molar-refractivity contribution < 1.29 is 13.2 Å². The summed E-state index contributed by atoms with van der Waals surface area (Å²) in [4.78, 5) is 14.5. The van der Waals surface area contributed by atoms with Gasteiger partial charge in [-0.3, -0.25) is 14.5 Å². The molecule has 0 bridgehead atoms. The first kappa shape index (κ1) is 13.7. The summed E-state index contributed by atoms with van der Waals surface area (Å²) in [7, 11) is -3.72. The number of anilines is 1. The maximum atomic E-state index is 12.1. The molecule has 2 aromatic rings. The van der Waals surface area contributed by atoms with Gasteiger partial charge in [0.05, 0.1) is 0 Å². The van der Waals surface area contributed by atoms with Gasteiger partial charge in [0.15, 0.2) is 0 Å². The van der Waals surface area contributed by atoms with Crippen molar-refractivity contribution in [2.45, 2.75) is 4.90 Å². The molecule has 0 fully saturated rings. The molecule has 0 saturated carbocycles. The second-order valence-corrected chi connectivity index (χ2v) is 6.29. The summed E-state index contributed by atoms with van der Waals surface area (Å²) >= 11 is 3.16. The topological polar surface area (TPSA) is 76.1 Å². The molecule has 0 aliphatic carbocycles. The Morgan fingerprint density at radius 3 is 2.68 bits per heavy atom. The normalized spacial score (nSPS) is 11.0. The number of benzene rings is 1. The molecule has 0 saturated heterocycles. The third-order valence-corrected chi connectivity index (χ3v) is 4.05. The Kier molecular flexibility index (Phi) is 3.96. The lowest BCUT2D eigenvalue weighted by molar-refractivity contribution is 0.112. The van der Waals surface area contributed by atoms with Gasteiger partial charge in [-0.05, 0) is 34.1 Å². The molecule has 0 amide bonds. The molecular formula is C12H9BrN2O3S. The molecule has 5 nitrogen and oxygen atoms in total. The highest BCUT2D eigenvalue weighted by Crippen LogP contribution is 2.18. The van der Waals surface area contributed by atoms with Crippen LogP contribution in [0, 0.1) is 0 Å². The number of rotatable bonds is 4. The zero-order valence-electron chi connectivity index (χ0n) is 9.58. The Labute approximate surface area is 118 Å². The van der Waals surface area contributed by atoms with E-state index in [1.54, 1.807) is 18.2 Å². The van der Waals surface area contributed by atoms with Gasteiger partial charge in [-0.1, -0.05) is 12.1 Å².